The van der Waals surface area contributed by atoms with Crippen molar-refractivity contribution in [3.05, 3.63) is 29.8 Å². The number of fused-ring (bicyclic) bond motifs is 1. The molecule has 1 aliphatic rings. The molecule has 0 saturated heterocycles. The van der Waals surface area contributed by atoms with E-state index in [2.05, 4.69) is 0 Å². The molecule has 0 spiro atoms. The molecule has 0 aliphatic carbocycles. The van der Waals surface area contributed by atoms with E-state index in [1.54, 1.807) is 22.5 Å². The van der Waals surface area contributed by atoms with Crippen LogP contribution in [0.1, 0.15) is 47.1 Å². The zero-order valence-corrected chi connectivity index (χ0v) is 16.4. The normalized spacial score (nSPS) is 16.5. The molecule has 5 heteroatoms. The molecule has 0 unspecified atom stereocenters. The highest BCUT2D eigenvalue weighted by molar-refractivity contribution is 7.89. The van der Waals surface area contributed by atoms with Crippen molar-refractivity contribution in [2.24, 2.45) is 11.8 Å². The van der Waals surface area contributed by atoms with Gasteiger partial charge in [-0.2, -0.15) is 4.31 Å². The molecule has 0 bridgehead atoms. The number of benzene rings is 1. The Labute approximate surface area is 146 Å². The van der Waals surface area contributed by atoms with Crippen molar-refractivity contribution in [3.8, 4) is 5.75 Å². The first-order chi connectivity index (χ1) is 11.0. The maximum absolute atomic E-state index is 13.1. The number of sulfonamides is 1. The van der Waals surface area contributed by atoms with E-state index in [9.17, 15) is 8.42 Å². The lowest BCUT2D eigenvalue weighted by atomic mass is 10.0. The first-order valence-corrected chi connectivity index (χ1v) is 9.98. The van der Waals surface area contributed by atoms with E-state index in [-0.39, 0.29) is 17.4 Å². The third kappa shape index (κ3) is 4.39. The minimum absolute atomic E-state index is 0.278. The van der Waals surface area contributed by atoms with Gasteiger partial charge in [0.2, 0.25) is 10.0 Å². The molecule has 0 aromatic heterocycles. The van der Waals surface area contributed by atoms with Crippen LogP contribution in [-0.2, 0) is 10.0 Å². The van der Waals surface area contributed by atoms with E-state index in [1.807, 2.05) is 53.7 Å². The molecule has 4 nitrogen and oxygen atoms in total. The summed E-state index contributed by atoms with van der Waals surface area (Å²) in [4.78, 5) is 0.329. The second kappa shape index (κ2) is 6.89. The van der Waals surface area contributed by atoms with Crippen molar-refractivity contribution in [2.45, 2.75) is 52.0 Å². The van der Waals surface area contributed by atoms with Crippen LogP contribution in [0.3, 0.4) is 0 Å². The van der Waals surface area contributed by atoms with Crippen LogP contribution in [0.4, 0.5) is 0 Å². The fourth-order valence-corrected chi connectivity index (χ4v) is 4.56. The molecule has 24 heavy (non-hydrogen) atoms. The summed E-state index contributed by atoms with van der Waals surface area (Å²) in [5.74, 6) is 1.28. The van der Waals surface area contributed by atoms with Crippen LogP contribution in [-0.4, -0.2) is 31.4 Å². The largest absolute Gasteiger partial charge is 0.483 e. The SMILES string of the molecule is CC(C)CN(CC(C)C)S(=O)(=O)c1ccc2c(c1)C=CC(C)(C)O2. The Bertz CT molecular complexity index is 708. The summed E-state index contributed by atoms with van der Waals surface area (Å²) in [5, 5.41) is 0. The Morgan fingerprint density at radius 3 is 2.21 bits per heavy atom. The predicted octanol–water partition coefficient (Wildman–Crippen LogP) is 4.17. The third-order valence-electron chi connectivity index (χ3n) is 3.79. The fraction of sp³-hybridized carbons (Fsp3) is 0.579. The summed E-state index contributed by atoms with van der Waals surface area (Å²) in [6.07, 6.45) is 3.89. The quantitative estimate of drug-likeness (QED) is 0.772. The van der Waals surface area contributed by atoms with Crippen molar-refractivity contribution in [1.82, 2.24) is 4.31 Å². The summed E-state index contributed by atoms with van der Waals surface area (Å²) in [6.45, 7) is 13.1. The van der Waals surface area contributed by atoms with Crippen LogP contribution in [0, 0.1) is 11.8 Å². The summed E-state index contributed by atoms with van der Waals surface area (Å²) in [5.41, 5.74) is 0.443. The second-order valence-electron chi connectivity index (χ2n) is 7.85. The molecule has 1 aliphatic heterocycles. The maximum atomic E-state index is 13.1. The minimum atomic E-state index is -3.51. The van der Waals surface area contributed by atoms with Gasteiger partial charge in [-0.15, -0.1) is 0 Å². The van der Waals surface area contributed by atoms with Crippen molar-refractivity contribution in [3.63, 3.8) is 0 Å². The van der Waals surface area contributed by atoms with Crippen LogP contribution >= 0.6 is 0 Å². The number of hydrogen-bond donors (Lipinski definition) is 0. The number of rotatable bonds is 6. The van der Waals surface area contributed by atoms with Gasteiger partial charge in [-0.05, 0) is 50.0 Å². The Morgan fingerprint density at radius 2 is 1.67 bits per heavy atom. The van der Waals surface area contributed by atoms with Crippen molar-refractivity contribution in [1.29, 1.82) is 0 Å². The zero-order chi connectivity index (χ0) is 18.1. The summed E-state index contributed by atoms with van der Waals surface area (Å²) >= 11 is 0. The molecule has 1 aromatic rings. The minimum Gasteiger partial charge on any atom is -0.483 e. The molecule has 0 fully saturated rings. The van der Waals surface area contributed by atoms with Gasteiger partial charge in [-0.3, -0.25) is 0 Å². The molecule has 2 rings (SSSR count). The zero-order valence-electron chi connectivity index (χ0n) is 15.5. The second-order valence-corrected chi connectivity index (χ2v) is 9.79. The lowest BCUT2D eigenvalue weighted by Gasteiger charge is -2.29. The van der Waals surface area contributed by atoms with E-state index < -0.39 is 10.0 Å². The topological polar surface area (TPSA) is 46.6 Å². The van der Waals surface area contributed by atoms with Gasteiger partial charge >= 0.3 is 0 Å². The monoisotopic (exact) mass is 351 g/mol. The maximum Gasteiger partial charge on any atom is 0.243 e. The molecule has 0 amide bonds. The van der Waals surface area contributed by atoms with Crippen LogP contribution in [0.25, 0.3) is 6.08 Å². The molecule has 1 aromatic carbocycles. The van der Waals surface area contributed by atoms with E-state index in [1.165, 1.54) is 0 Å². The van der Waals surface area contributed by atoms with E-state index in [4.69, 9.17) is 4.74 Å². The average molecular weight is 352 g/mol. The standard InChI is InChI=1S/C19H29NO3S/c1-14(2)12-20(13-15(3)4)24(21,22)17-7-8-18-16(11-17)9-10-19(5,6)23-18/h7-11,14-15H,12-13H2,1-6H3. The third-order valence-corrected chi connectivity index (χ3v) is 5.62. The molecule has 0 N–H and O–H groups in total. The average Bonchev–Trinajstić information content (AvgIpc) is 2.44. The first-order valence-electron chi connectivity index (χ1n) is 8.54. The molecular weight excluding hydrogens is 322 g/mol. The predicted molar refractivity (Wildman–Crippen MR) is 98.6 cm³/mol. The highest BCUT2D eigenvalue weighted by Crippen LogP contribution is 2.33. The molecular formula is C19H29NO3S. The number of hydrogen-bond acceptors (Lipinski definition) is 3. The summed E-state index contributed by atoms with van der Waals surface area (Å²) in [6, 6.07) is 5.12. The van der Waals surface area contributed by atoms with Crippen LogP contribution in [0.2, 0.25) is 0 Å². The Hall–Kier alpha value is -1.33. The molecule has 0 atom stereocenters. The van der Waals surface area contributed by atoms with Crippen molar-refractivity contribution < 1.29 is 13.2 Å². The molecule has 0 saturated carbocycles. The molecule has 0 radical (unpaired) electrons. The van der Waals surface area contributed by atoms with E-state index in [0.29, 0.717) is 18.0 Å². The van der Waals surface area contributed by atoms with Gasteiger partial charge in [0.25, 0.3) is 0 Å². The Balaban J connectivity index is 2.38. The van der Waals surface area contributed by atoms with Crippen LogP contribution in [0.5, 0.6) is 5.75 Å². The van der Waals surface area contributed by atoms with Gasteiger partial charge in [-0.1, -0.05) is 33.8 Å². The molecule has 134 valence electrons. The van der Waals surface area contributed by atoms with Gasteiger partial charge in [0.1, 0.15) is 11.4 Å². The van der Waals surface area contributed by atoms with Gasteiger partial charge in [-0.25, -0.2) is 8.42 Å². The van der Waals surface area contributed by atoms with Gasteiger partial charge in [0, 0.05) is 18.7 Å². The number of nitrogens with zero attached hydrogens (tertiary/aromatic N) is 1. The fourth-order valence-electron chi connectivity index (χ4n) is 2.75. The highest BCUT2D eigenvalue weighted by atomic mass is 32.2. The molecule has 1 heterocycles. The van der Waals surface area contributed by atoms with Gasteiger partial charge < -0.3 is 4.74 Å². The van der Waals surface area contributed by atoms with Gasteiger partial charge in [0.15, 0.2) is 0 Å². The van der Waals surface area contributed by atoms with Crippen LogP contribution in [0.15, 0.2) is 29.2 Å². The lowest BCUT2D eigenvalue weighted by molar-refractivity contribution is 0.159. The van der Waals surface area contributed by atoms with Crippen molar-refractivity contribution >= 4 is 16.1 Å². The Morgan fingerprint density at radius 1 is 1.08 bits per heavy atom. The van der Waals surface area contributed by atoms with Gasteiger partial charge in [0.05, 0.1) is 4.90 Å². The van der Waals surface area contributed by atoms with E-state index in [0.717, 1.165) is 11.3 Å². The smallest absolute Gasteiger partial charge is 0.243 e. The van der Waals surface area contributed by atoms with Crippen molar-refractivity contribution in [2.75, 3.05) is 13.1 Å². The Kier molecular flexibility index (Phi) is 5.45. The number of ether oxygens (including phenoxy) is 1. The highest BCUT2D eigenvalue weighted by Gasteiger charge is 2.28. The first kappa shape index (κ1) is 19.0. The van der Waals surface area contributed by atoms with Crippen LogP contribution < -0.4 is 4.74 Å². The lowest BCUT2D eigenvalue weighted by Crippen LogP contribution is -2.37. The summed E-state index contributed by atoms with van der Waals surface area (Å²) < 4.78 is 33.6. The summed E-state index contributed by atoms with van der Waals surface area (Å²) in [7, 11) is -3.51. The van der Waals surface area contributed by atoms with E-state index >= 15 is 0 Å².